The highest BCUT2D eigenvalue weighted by atomic mass is 19.1. The monoisotopic (exact) mass is 491 g/mol. The molecule has 7 heteroatoms. The minimum atomic E-state index is -1.19. The standard InChI is InChI=1S/C29H27F2NO4/c1-16-7-6-8-17(13-16)25-24(26(33)20-14-18(29(2,3)4)9-12-23(20)36-5)27(34)28(35)32(25)22-15-19(30)10-11-21(22)31/h6-15,25,33H,1-5H3/b26-24+. The molecule has 4 rings (SSSR count). The fourth-order valence-corrected chi connectivity index (χ4v) is 4.41. The summed E-state index contributed by atoms with van der Waals surface area (Å²) >= 11 is 0. The Morgan fingerprint density at radius 1 is 1.00 bits per heavy atom. The molecule has 1 unspecified atom stereocenters. The smallest absolute Gasteiger partial charge is 0.300 e. The number of rotatable bonds is 4. The van der Waals surface area contributed by atoms with E-state index in [1.165, 1.54) is 7.11 Å². The van der Waals surface area contributed by atoms with Gasteiger partial charge < -0.3 is 9.84 Å². The summed E-state index contributed by atoms with van der Waals surface area (Å²) in [7, 11) is 1.43. The number of Topliss-reactive ketones (excluding diaryl/α,β-unsaturated/α-hetero) is 1. The molecule has 0 aliphatic carbocycles. The fourth-order valence-electron chi connectivity index (χ4n) is 4.41. The van der Waals surface area contributed by atoms with Gasteiger partial charge in [0.1, 0.15) is 23.1 Å². The first-order valence-electron chi connectivity index (χ1n) is 11.5. The molecule has 186 valence electrons. The number of methoxy groups -OCH3 is 1. The normalized spacial score (nSPS) is 17.5. The molecule has 0 spiro atoms. The number of ketones is 1. The summed E-state index contributed by atoms with van der Waals surface area (Å²) in [4.78, 5) is 27.6. The van der Waals surface area contributed by atoms with Gasteiger partial charge in [0.05, 0.1) is 30.0 Å². The van der Waals surface area contributed by atoms with E-state index in [4.69, 9.17) is 4.74 Å². The first-order valence-corrected chi connectivity index (χ1v) is 11.5. The first-order chi connectivity index (χ1) is 16.9. The summed E-state index contributed by atoms with van der Waals surface area (Å²) in [5, 5.41) is 11.5. The lowest BCUT2D eigenvalue weighted by Crippen LogP contribution is -2.30. The van der Waals surface area contributed by atoms with Gasteiger partial charge >= 0.3 is 0 Å². The summed E-state index contributed by atoms with van der Waals surface area (Å²) in [6, 6.07) is 13.7. The second-order valence-electron chi connectivity index (χ2n) is 9.84. The quantitative estimate of drug-likeness (QED) is 0.268. The predicted octanol–water partition coefficient (Wildman–Crippen LogP) is 6.21. The average molecular weight is 492 g/mol. The van der Waals surface area contributed by atoms with E-state index in [-0.39, 0.29) is 16.6 Å². The molecule has 3 aromatic carbocycles. The Morgan fingerprint density at radius 3 is 2.36 bits per heavy atom. The predicted molar refractivity (Wildman–Crippen MR) is 134 cm³/mol. The number of amides is 1. The molecule has 5 nitrogen and oxygen atoms in total. The van der Waals surface area contributed by atoms with Gasteiger partial charge in [0.15, 0.2) is 0 Å². The van der Waals surface area contributed by atoms with E-state index in [0.29, 0.717) is 11.3 Å². The molecule has 1 saturated heterocycles. The number of ether oxygens (including phenoxy) is 1. The minimum absolute atomic E-state index is 0.222. The maximum absolute atomic E-state index is 14.9. The molecule has 1 aliphatic rings. The molecule has 1 N–H and O–H groups in total. The zero-order chi connectivity index (χ0) is 26.4. The highest BCUT2D eigenvalue weighted by molar-refractivity contribution is 6.51. The zero-order valence-electron chi connectivity index (χ0n) is 20.7. The van der Waals surface area contributed by atoms with Crippen LogP contribution in [0.15, 0.2) is 66.2 Å². The second kappa shape index (κ2) is 9.22. The molecule has 3 aromatic rings. The van der Waals surface area contributed by atoms with Gasteiger partial charge in [0.2, 0.25) is 0 Å². The molecule has 1 heterocycles. The number of anilines is 1. The molecule has 0 radical (unpaired) electrons. The maximum atomic E-state index is 14.9. The van der Waals surface area contributed by atoms with Crippen molar-refractivity contribution in [2.45, 2.75) is 39.2 Å². The van der Waals surface area contributed by atoms with Gasteiger partial charge in [-0.1, -0.05) is 56.7 Å². The Kier molecular flexibility index (Phi) is 6.43. The van der Waals surface area contributed by atoms with Crippen molar-refractivity contribution in [3.63, 3.8) is 0 Å². The van der Waals surface area contributed by atoms with Crippen LogP contribution in [0.3, 0.4) is 0 Å². The van der Waals surface area contributed by atoms with Gasteiger partial charge in [-0.25, -0.2) is 8.78 Å². The largest absolute Gasteiger partial charge is 0.507 e. The summed E-state index contributed by atoms with van der Waals surface area (Å²) in [6.07, 6.45) is 0. The van der Waals surface area contributed by atoms with Crippen LogP contribution in [-0.2, 0) is 15.0 Å². The number of benzene rings is 3. The van der Waals surface area contributed by atoms with E-state index in [9.17, 15) is 23.5 Å². The molecule has 0 bridgehead atoms. The number of carbonyl (C=O) groups is 2. The van der Waals surface area contributed by atoms with Gasteiger partial charge in [-0.15, -0.1) is 0 Å². The number of hydrogen-bond donors (Lipinski definition) is 1. The average Bonchev–Trinajstić information content (AvgIpc) is 3.09. The van der Waals surface area contributed by atoms with Gasteiger partial charge in [-0.3, -0.25) is 14.5 Å². The van der Waals surface area contributed by atoms with Crippen LogP contribution >= 0.6 is 0 Å². The van der Waals surface area contributed by atoms with Crippen molar-refractivity contribution in [2.75, 3.05) is 12.0 Å². The SMILES string of the molecule is COc1ccc(C(C)(C)C)cc1/C(O)=C1\C(=O)C(=O)N(c2cc(F)ccc2F)C1c1cccc(C)c1. The molecular weight excluding hydrogens is 464 g/mol. The summed E-state index contributed by atoms with van der Waals surface area (Å²) in [5.74, 6) is -3.88. The van der Waals surface area contributed by atoms with E-state index in [1.54, 1.807) is 30.3 Å². The summed E-state index contributed by atoms with van der Waals surface area (Å²) in [5.41, 5.74) is 1.46. The van der Waals surface area contributed by atoms with Gasteiger partial charge in [-0.2, -0.15) is 0 Å². The van der Waals surface area contributed by atoms with Gasteiger partial charge in [0.25, 0.3) is 11.7 Å². The van der Waals surface area contributed by atoms with Crippen LogP contribution in [0.1, 0.15) is 49.1 Å². The van der Waals surface area contributed by atoms with Crippen LogP contribution in [-0.4, -0.2) is 23.9 Å². The van der Waals surface area contributed by atoms with Crippen molar-refractivity contribution >= 4 is 23.1 Å². The Bertz CT molecular complexity index is 1400. The first kappa shape index (κ1) is 25.1. The molecule has 1 amide bonds. The number of halogens is 2. The Balaban J connectivity index is 2.04. The molecule has 1 aliphatic heterocycles. The molecule has 0 saturated carbocycles. The third-order valence-electron chi connectivity index (χ3n) is 6.29. The molecule has 1 atom stereocenters. The topological polar surface area (TPSA) is 66.8 Å². The van der Waals surface area contributed by atoms with E-state index in [2.05, 4.69) is 0 Å². The van der Waals surface area contributed by atoms with Crippen LogP contribution in [0.4, 0.5) is 14.5 Å². The van der Waals surface area contributed by atoms with Gasteiger partial charge in [0, 0.05) is 6.07 Å². The summed E-state index contributed by atoms with van der Waals surface area (Å²) in [6.45, 7) is 7.82. The number of aryl methyl sites for hydroxylation is 1. The summed E-state index contributed by atoms with van der Waals surface area (Å²) < 4.78 is 34.4. The van der Waals surface area contributed by atoms with Crippen molar-refractivity contribution < 1.29 is 28.2 Å². The molecular formula is C29H27F2NO4. The fraction of sp³-hybridized carbons (Fsp3) is 0.241. The number of aliphatic hydroxyl groups is 1. The number of carbonyl (C=O) groups excluding carboxylic acids is 2. The third kappa shape index (κ3) is 4.37. The zero-order valence-corrected chi connectivity index (χ0v) is 20.7. The third-order valence-corrected chi connectivity index (χ3v) is 6.29. The Hall–Kier alpha value is -4.00. The minimum Gasteiger partial charge on any atom is -0.507 e. The lowest BCUT2D eigenvalue weighted by Gasteiger charge is -2.26. The Labute approximate surface area is 208 Å². The van der Waals surface area contributed by atoms with Crippen LogP contribution < -0.4 is 9.64 Å². The van der Waals surface area contributed by atoms with Crippen molar-refractivity contribution in [3.05, 3.63) is 100 Å². The molecule has 1 fully saturated rings. The van der Waals surface area contributed by atoms with Crippen molar-refractivity contribution in [2.24, 2.45) is 0 Å². The van der Waals surface area contributed by atoms with E-state index in [0.717, 1.165) is 34.2 Å². The number of nitrogens with zero attached hydrogens (tertiary/aromatic N) is 1. The number of hydrogen-bond acceptors (Lipinski definition) is 4. The second-order valence-corrected chi connectivity index (χ2v) is 9.84. The van der Waals surface area contributed by atoms with Crippen molar-refractivity contribution in [1.82, 2.24) is 0 Å². The van der Waals surface area contributed by atoms with Crippen LogP contribution in [0, 0.1) is 18.6 Å². The maximum Gasteiger partial charge on any atom is 0.300 e. The van der Waals surface area contributed by atoms with E-state index in [1.807, 2.05) is 39.8 Å². The van der Waals surface area contributed by atoms with Crippen molar-refractivity contribution in [1.29, 1.82) is 0 Å². The van der Waals surface area contributed by atoms with E-state index < -0.39 is 40.8 Å². The highest BCUT2D eigenvalue weighted by Gasteiger charge is 2.48. The van der Waals surface area contributed by atoms with Gasteiger partial charge in [-0.05, 0) is 47.7 Å². The van der Waals surface area contributed by atoms with Crippen LogP contribution in [0.5, 0.6) is 5.75 Å². The molecule has 0 aromatic heterocycles. The molecule has 36 heavy (non-hydrogen) atoms. The van der Waals surface area contributed by atoms with Crippen LogP contribution in [0.25, 0.3) is 5.76 Å². The lowest BCUT2D eigenvalue weighted by atomic mass is 9.85. The number of aliphatic hydroxyl groups excluding tert-OH is 1. The Morgan fingerprint density at radius 2 is 1.72 bits per heavy atom. The highest BCUT2D eigenvalue weighted by Crippen LogP contribution is 2.44. The van der Waals surface area contributed by atoms with Crippen molar-refractivity contribution in [3.8, 4) is 5.75 Å². The van der Waals surface area contributed by atoms with E-state index >= 15 is 0 Å². The van der Waals surface area contributed by atoms with Crippen LogP contribution in [0.2, 0.25) is 0 Å². The lowest BCUT2D eigenvalue weighted by molar-refractivity contribution is -0.132.